The smallest absolute Gasteiger partial charge is 0.0172 e. The lowest BCUT2D eigenvalue weighted by molar-refractivity contribution is 0.339. The van der Waals surface area contributed by atoms with E-state index in [1.165, 1.54) is 24.1 Å². The molecule has 0 saturated carbocycles. The van der Waals surface area contributed by atoms with Crippen LogP contribution in [0.15, 0.2) is 42.6 Å². The molecule has 0 heterocycles. The molecule has 0 amide bonds. The predicted molar refractivity (Wildman–Crippen MR) is 71.4 cm³/mol. The van der Waals surface area contributed by atoms with Crippen molar-refractivity contribution in [3.63, 3.8) is 0 Å². The number of nitrogens with zero attached hydrogens (tertiary/aromatic N) is 1. The highest BCUT2D eigenvalue weighted by Gasteiger charge is 2.05. The summed E-state index contributed by atoms with van der Waals surface area (Å²) in [6.07, 6.45) is 3.35. The van der Waals surface area contributed by atoms with Gasteiger partial charge in [-0.1, -0.05) is 50.8 Å². The SMILES string of the molecule is C=C(Cc1ccccc1)N(CCC)CCC. The van der Waals surface area contributed by atoms with E-state index in [9.17, 15) is 0 Å². The average molecular weight is 217 g/mol. The van der Waals surface area contributed by atoms with Crippen molar-refractivity contribution in [1.82, 2.24) is 4.90 Å². The van der Waals surface area contributed by atoms with Crippen molar-refractivity contribution >= 4 is 0 Å². The second-order valence-corrected chi connectivity index (χ2v) is 4.22. The van der Waals surface area contributed by atoms with Gasteiger partial charge in [0.05, 0.1) is 0 Å². The van der Waals surface area contributed by atoms with Crippen LogP contribution < -0.4 is 0 Å². The lowest BCUT2D eigenvalue weighted by Crippen LogP contribution is -2.25. The van der Waals surface area contributed by atoms with Crippen molar-refractivity contribution in [3.05, 3.63) is 48.2 Å². The molecule has 1 aromatic carbocycles. The Hall–Kier alpha value is -1.24. The van der Waals surface area contributed by atoms with E-state index < -0.39 is 0 Å². The highest BCUT2D eigenvalue weighted by atomic mass is 15.1. The monoisotopic (exact) mass is 217 g/mol. The van der Waals surface area contributed by atoms with Gasteiger partial charge in [-0.3, -0.25) is 0 Å². The summed E-state index contributed by atoms with van der Waals surface area (Å²) in [5.74, 6) is 0. The zero-order valence-corrected chi connectivity index (χ0v) is 10.6. The zero-order valence-electron chi connectivity index (χ0n) is 10.6. The Morgan fingerprint density at radius 1 is 1.06 bits per heavy atom. The molecule has 1 nitrogen and oxygen atoms in total. The van der Waals surface area contributed by atoms with Crippen LogP contribution in [0.1, 0.15) is 32.3 Å². The molecule has 0 spiro atoms. The lowest BCUT2D eigenvalue weighted by Gasteiger charge is -2.26. The molecule has 1 aromatic rings. The molecular weight excluding hydrogens is 194 g/mol. The van der Waals surface area contributed by atoms with Gasteiger partial charge >= 0.3 is 0 Å². The molecule has 0 atom stereocenters. The molecule has 0 unspecified atom stereocenters. The van der Waals surface area contributed by atoms with Crippen LogP contribution in [-0.2, 0) is 6.42 Å². The van der Waals surface area contributed by atoms with E-state index in [-0.39, 0.29) is 0 Å². The Balaban J connectivity index is 2.55. The van der Waals surface area contributed by atoms with Crippen molar-refractivity contribution < 1.29 is 0 Å². The Bertz CT molecular complexity index is 296. The Kier molecular flexibility index (Phi) is 5.69. The van der Waals surface area contributed by atoms with Crippen molar-refractivity contribution in [2.75, 3.05) is 13.1 Å². The maximum absolute atomic E-state index is 4.21. The van der Waals surface area contributed by atoms with Gasteiger partial charge in [-0.25, -0.2) is 0 Å². The van der Waals surface area contributed by atoms with Gasteiger partial charge in [0.1, 0.15) is 0 Å². The molecule has 0 aromatic heterocycles. The largest absolute Gasteiger partial charge is 0.375 e. The van der Waals surface area contributed by atoms with Crippen molar-refractivity contribution in [1.29, 1.82) is 0 Å². The second kappa shape index (κ2) is 7.10. The first-order valence-corrected chi connectivity index (χ1v) is 6.24. The average Bonchev–Trinajstić information content (AvgIpc) is 2.30. The summed E-state index contributed by atoms with van der Waals surface area (Å²) in [5.41, 5.74) is 2.60. The van der Waals surface area contributed by atoms with E-state index in [0.29, 0.717) is 0 Å². The van der Waals surface area contributed by atoms with Crippen molar-refractivity contribution in [2.24, 2.45) is 0 Å². The third kappa shape index (κ3) is 4.09. The van der Waals surface area contributed by atoms with Gasteiger partial charge in [0.25, 0.3) is 0 Å². The molecule has 0 aliphatic heterocycles. The number of hydrogen-bond donors (Lipinski definition) is 0. The maximum atomic E-state index is 4.21. The molecule has 0 aliphatic carbocycles. The van der Waals surface area contributed by atoms with Crippen LogP contribution in [-0.4, -0.2) is 18.0 Å². The normalized spacial score (nSPS) is 10.1. The topological polar surface area (TPSA) is 3.24 Å². The highest BCUT2D eigenvalue weighted by Crippen LogP contribution is 2.11. The molecule has 0 saturated heterocycles. The molecule has 88 valence electrons. The van der Waals surface area contributed by atoms with Gasteiger partial charge in [0.15, 0.2) is 0 Å². The summed E-state index contributed by atoms with van der Waals surface area (Å²) in [6.45, 7) is 10.9. The number of allylic oxidation sites excluding steroid dienone is 1. The fourth-order valence-corrected chi connectivity index (χ4v) is 1.91. The first kappa shape index (κ1) is 12.8. The van der Waals surface area contributed by atoms with Crippen LogP contribution in [0.4, 0.5) is 0 Å². The van der Waals surface area contributed by atoms with E-state index >= 15 is 0 Å². The molecule has 1 rings (SSSR count). The minimum absolute atomic E-state index is 0.973. The first-order valence-electron chi connectivity index (χ1n) is 6.24. The third-order valence-electron chi connectivity index (χ3n) is 2.69. The van der Waals surface area contributed by atoms with E-state index in [4.69, 9.17) is 0 Å². The van der Waals surface area contributed by atoms with Gasteiger partial charge in [0.2, 0.25) is 0 Å². The maximum Gasteiger partial charge on any atom is 0.0172 e. The number of rotatable bonds is 7. The van der Waals surface area contributed by atoms with Crippen molar-refractivity contribution in [2.45, 2.75) is 33.1 Å². The lowest BCUT2D eigenvalue weighted by atomic mass is 10.1. The predicted octanol–water partition coefficient (Wildman–Crippen LogP) is 3.86. The Morgan fingerprint density at radius 3 is 2.12 bits per heavy atom. The highest BCUT2D eigenvalue weighted by molar-refractivity contribution is 5.20. The Labute approximate surface area is 99.8 Å². The standard InChI is InChI=1S/C15H23N/c1-4-11-16(12-5-2)14(3)13-15-9-7-6-8-10-15/h6-10H,3-5,11-13H2,1-2H3. The van der Waals surface area contributed by atoms with Crippen LogP contribution >= 0.6 is 0 Å². The summed E-state index contributed by atoms with van der Waals surface area (Å²) in [7, 11) is 0. The molecule has 1 heteroatoms. The third-order valence-corrected chi connectivity index (χ3v) is 2.69. The van der Waals surface area contributed by atoms with Crippen LogP contribution in [0, 0.1) is 0 Å². The van der Waals surface area contributed by atoms with Gasteiger partial charge < -0.3 is 4.90 Å². The summed E-state index contributed by atoms with van der Waals surface area (Å²) in [5, 5.41) is 0. The minimum atomic E-state index is 0.973. The summed E-state index contributed by atoms with van der Waals surface area (Å²) in [6, 6.07) is 10.6. The van der Waals surface area contributed by atoms with E-state index in [1.54, 1.807) is 0 Å². The molecule has 0 aliphatic rings. The van der Waals surface area contributed by atoms with E-state index in [1.807, 2.05) is 0 Å². The van der Waals surface area contributed by atoms with Gasteiger partial charge in [-0.2, -0.15) is 0 Å². The van der Waals surface area contributed by atoms with Crippen LogP contribution in [0.2, 0.25) is 0 Å². The van der Waals surface area contributed by atoms with Crippen LogP contribution in [0.3, 0.4) is 0 Å². The molecule has 0 fully saturated rings. The molecule has 0 N–H and O–H groups in total. The van der Waals surface area contributed by atoms with Crippen molar-refractivity contribution in [3.8, 4) is 0 Å². The minimum Gasteiger partial charge on any atom is -0.375 e. The zero-order chi connectivity index (χ0) is 11.8. The van der Waals surface area contributed by atoms with E-state index in [0.717, 1.165) is 19.5 Å². The van der Waals surface area contributed by atoms with Crippen LogP contribution in [0.25, 0.3) is 0 Å². The van der Waals surface area contributed by atoms with Gasteiger partial charge in [-0.05, 0) is 18.4 Å². The molecule has 0 radical (unpaired) electrons. The molecule has 16 heavy (non-hydrogen) atoms. The summed E-state index contributed by atoms with van der Waals surface area (Å²) in [4.78, 5) is 2.41. The Morgan fingerprint density at radius 2 is 1.62 bits per heavy atom. The fourth-order valence-electron chi connectivity index (χ4n) is 1.91. The fraction of sp³-hybridized carbons (Fsp3) is 0.467. The van der Waals surface area contributed by atoms with Crippen LogP contribution in [0.5, 0.6) is 0 Å². The van der Waals surface area contributed by atoms with E-state index in [2.05, 4.69) is 55.7 Å². The van der Waals surface area contributed by atoms with Gasteiger partial charge in [-0.15, -0.1) is 0 Å². The van der Waals surface area contributed by atoms with Gasteiger partial charge in [0, 0.05) is 25.2 Å². The number of hydrogen-bond acceptors (Lipinski definition) is 1. The number of benzene rings is 1. The second-order valence-electron chi connectivity index (χ2n) is 4.22. The summed E-state index contributed by atoms with van der Waals surface area (Å²) >= 11 is 0. The molecular formula is C15H23N. The summed E-state index contributed by atoms with van der Waals surface area (Å²) < 4.78 is 0. The quantitative estimate of drug-likeness (QED) is 0.670. The molecule has 0 bridgehead atoms. The first-order chi connectivity index (χ1) is 7.77.